The Morgan fingerprint density at radius 2 is 1.90 bits per heavy atom. The topological polar surface area (TPSA) is 67.4 Å². The summed E-state index contributed by atoms with van der Waals surface area (Å²) in [4.78, 5) is 7.16. The standard InChI is InChI=1S/C21H36N4O3.HI/c1-5-22-21(23-12-13-25(14-15-26-3)18-10-11-18)24-16-17(2)28-20-9-7-6-8-19(20)27-4;/h6-9,17-18H,5,10-16H2,1-4H3,(H2,22,23,24);1H. The Morgan fingerprint density at radius 3 is 2.52 bits per heavy atom. The van der Waals surface area contributed by atoms with Crippen molar-refractivity contribution in [2.24, 2.45) is 4.99 Å². The molecule has 0 bridgehead atoms. The Morgan fingerprint density at radius 1 is 1.17 bits per heavy atom. The molecule has 7 nitrogen and oxygen atoms in total. The summed E-state index contributed by atoms with van der Waals surface area (Å²) >= 11 is 0. The number of guanidine groups is 1. The van der Waals surface area contributed by atoms with Crippen LogP contribution in [0.5, 0.6) is 11.5 Å². The number of hydrogen-bond donors (Lipinski definition) is 2. The molecule has 0 radical (unpaired) electrons. The van der Waals surface area contributed by atoms with E-state index in [1.807, 2.05) is 31.2 Å². The van der Waals surface area contributed by atoms with Crippen molar-refractivity contribution in [2.45, 2.75) is 38.8 Å². The minimum absolute atomic E-state index is 0. The van der Waals surface area contributed by atoms with Crippen LogP contribution in [0.15, 0.2) is 29.3 Å². The van der Waals surface area contributed by atoms with Crippen LogP contribution in [0.3, 0.4) is 0 Å². The fourth-order valence-electron chi connectivity index (χ4n) is 2.97. The third-order valence-electron chi connectivity index (χ3n) is 4.59. The smallest absolute Gasteiger partial charge is 0.191 e. The molecule has 2 N–H and O–H groups in total. The van der Waals surface area contributed by atoms with Gasteiger partial charge in [0.2, 0.25) is 0 Å². The van der Waals surface area contributed by atoms with Crippen LogP contribution in [0, 0.1) is 0 Å². The average molecular weight is 520 g/mol. The first-order chi connectivity index (χ1) is 13.7. The van der Waals surface area contributed by atoms with Crippen LogP contribution in [-0.2, 0) is 4.74 Å². The Bertz CT molecular complexity index is 599. The summed E-state index contributed by atoms with van der Waals surface area (Å²) in [5.41, 5.74) is 0. The number of methoxy groups -OCH3 is 2. The number of rotatable bonds is 13. The van der Waals surface area contributed by atoms with Gasteiger partial charge < -0.3 is 24.8 Å². The van der Waals surface area contributed by atoms with Gasteiger partial charge in [-0.1, -0.05) is 12.1 Å². The van der Waals surface area contributed by atoms with E-state index in [1.165, 1.54) is 12.8 Å². The quantitative estimate of drug-likeness (QED) is 0.237. The highest BCUT2D eigenvalue weighted by atomic mass is 127. The number of aliphatic imine (C=N–C) groups is 1. The van der Waals surface area contributed by atoms with Crippen molar-refractivity contribution in [1.29, 1.82) is 0 Å². The molecule has 0 aromatic heterocycles. The SMILES string of the molecule is CCNC(=NCC(C)Oc1ccccc1OC)NCCN(CCOC)C1CC1.I. The van der Waals surface area contributed by atoms with E-state index in [0.29, 0.717) is 6.54 Å². The zero-order valence-electron chi connectivity index (χ0n) is 18.1. The van der Waals surface area contributed by atoms with Crippen LogP contribution in [0.25, 0.3) is 0 Å². The lowest BCUT2D eigenvalue weighted by molar-refractivity contribution is 0.144. The van der Waals surface area contributed by atoms with Crippen molar-refractivity contribution in [3.05, 3.63) is 24.3 Å². The van der Waals surface area contributed by atoms with Crippen molar-refractivity contribution in [3.63, 3.8) is 0 Å². The summed E-state index contributed by atoms with van der Waals surface area (Å²) in [5.74, 6) is 2.30. The minimum Gasteiger partial charge on any atom is -0.493 e. The first-order valence-electron chi connectivity index (χ1n) is 10.2. The molecule has 2 rings (SSSR count). The van der Waals surface area contributed by atoms with E-state index in [1.54, 1.807) is 14.2 Å². The van der Waals surface area contributed by atoms with Gasteiger partial charge >= 0.3 is 0 Å². The molecular formula is C21H37IN4O3. The molecule has 1 aliphatic carbocycles. The molecule has 1 aromatic rings. The Kier molecular flexibility index (Phi) is 13.0. The molecule has 1 unspecified atom stereocenters. The predicted molar refractivity (Wildman–Crippen MR) is 129 cm³/mol. The number of nitrogens with one attached hydrogen (secondary N) is 2. The van der Waals surface area contributed by atoms with Crippen LogP contribution >= 0.6 is 24.0 Å². The van der Waals surface area contributed by atoms with Crippen LogP contribution < -0.4 is 20.1 Å². The molecule has 1 atom stereocenters. The number of hydrogen-bond acceptors (Lipinski definition) is 5. The molecule has 1 aliphatic rings. The molecule has 8 heteroatoms. The van der Waals surface area contributed by atoms with E-state index >= 15 is 0 Å². The lowest BCUT2D eigenvalue weighted by atomic mass is 10.3. The highest BCUT2D eigenvalue weighted by Gasteiger charge is 2.28. The molecule has 0 spiro atoms. The van der Waals surface area contributed by atoms with Crippen LogP contribution in [0.1, 0.15) is 26.7 Å². The summed E-state index contributed by atoms with van der Waals surface area (Å²) in [5, 5.41) is 6.73. The fraction of sp³-hybridized carbons (Fsp3) is 0.667. The van der Waals surface area contributed by atoms with Gasteiger partial charge in [0.05, 0.1) is 20.3 Å². The van der Waals surface area contributed by atoms with Gasteiger partial charge in [0, 0.05) is 39.3 Å². The maximum Gasteiger partial charge on any atom is 0.191 e. The van der Waals surface area contributed by atoms with Crippen molar-refractivity contribution < 1.29 is 14.2 Å². The predicted octanol–water partition coefficient (Wildman–Crippen LogP) is 2.75. The normalized spacial score (nSPS) is 14.9. The van der Waals surface area contributed by atoms with E-state index in [2.05, 4.69) is 27.4 Å². The lowest BCUT2D eigenvalue weighted by Gasteiger charge is -2.22. The second kappa shape index (κ2) is 14.7. The molecule has 0 heterocycles. The van der Waals surface area contributed by atoms with Gasteiger partial charge in [0.1, 0.15) is 6.10 Å². The number of halogens is 1. The number of benzene rings is 1. The molecule has 1 aromatic carbocycles. The Balaban J connectivity index is 0.00000420. The zero-order chi connectivity index (χ0) is 20.2. The molecule has 1 fully saturated rings. The van der Waals surface area contributed by atoms with Gasteiger partial charge in [-0.2, -0.15) is 0 Å². The highest BCUT2D eigenvalue weighted by molar-refractivity contribution is 14.0. The van der Waals surface area contributed by atoms with E-state index in [-0.39, 0.29) is 30.1 Å². The molecule has 0 saturated heterocycles. The van der Waals surface area contributed by atoms with Crippen LogP contribution in [0.4, 0.5) is 0 Å². The van der Waals surface area contributed by atoms with Crippen molar-refractivity contribution in [1.82, 2.24) is 15.5 Å². The van der Waals surface area contributed by atoms with Gasteiger partial charge in [-0.15, -0.1) is 24.0 Å². The van der Waals surface area contributed by atoms with Crippen LogP contribution in [0.2, 0.25) is 0 Å². The van der Waals surface area contributed by atoms with E-state index in [9.17, 15) is 0 Å². The number of para-hydroxylation sites is 2. The monoisotopic (exact) mass is 520 g/mol. The highest BCUT2D eigenvalue weighted by Crippen LogP contribution is 2.27. The van der Waals surface area contributed by atoms with E-state index in [4.69, 9.17) is 14.2 Å². The number of ether oxygens (including phenoxy) is 3. The van der Waals surface area contributed by atoms with Gasteiger partial charge in [0.25, 0.3) is 0 Å². The zero-order valence-corrected chi connectivity index (χ0v) is 20.5. The first-order valence-corrected chi connectivity index (χ1v) is 10.2. The maximum absolute atomic E-state index is 5.98. The molecule has 0 amide bonds. The summed E-state index contributed by atoms with van der Waals surface area (Å²) in [6.45, 7) is 9.08. The van der Waals surface area contributed by atoms with Gasteiger partial charge in [-0.3, -0.25) is 4.90 Å². The maximum atomic E-state index is 5.98. The molecular weight excluding hydrogens is 483 g/mol. The third-order valence-corrected chi connectivity index (χ3v) is 4.59. The van der Waals surface area contributed by atoms with Crippen molar-refractivity contribution in [3.8, 4) is 11.5 Å². The summed E-state index contributed by atoms with van der Waals surface area (Å²) in [6.07, 6.45) is 2.54. The van der Waals surface area contributed by atoms with Gasteiger partial charge in [-0.05, 0) is 38.8 Å². The van der Waals surface area contributed by atoms with Crippen LogP contribution in [-0.4, -0.2) is 76.6 Å². The first kappa shape index (κ1) is 25.8. The second-order valence-corrected chi connectivity index (χ2v) is 6.99. The fourth-order valence-corrected chi connectivity index (χ4v) is 2.97. The summed E-state index contributed by atoms with van der Waals surface area (Å²) in [7, 11) is 3.41. The minimum atomic E-state index is -0.0589. The van der Waals surface area contributed by atoms with Gasteiger partial charge in [0.15, 0.2) is 17.5 Å². The summed E-state index contributed by atoms with van der Waals surface area (Å²) in [6, 6.07) is 8.40. The molecule has 0 aliphatic heterocycles. The van der Waals surface area contributed by atoms with E-state index in [0.717, 1.165) is 56.3 Å². The Labute approximate surface area is 192 Å². The van der Waals surface area contributed by atoms with Gasteiger partial charge in [-0.25, -0.2) is 4.99 Å². The lowest BCUT2D eigenvalue weighted by Crippen LogP contribution is -2.43. The summed E-state index contributed by atoms with van der Waals surface area (Å²) < 4.78 is 16.5. The molecule has 166 valence electrons. The third kappa shape index (κ3) is 9.86. The largest absolute Gasteiger partial charge is 0.493 e. The second-order valence-electron chi connectivity index (χ2n) is 6.99. The average Bonchev–Trinajstić information content (AvgIpc) is 3.54. The number of nitrogens with zero attached hydrogens (tertiary/aromatic N) is 2. The van der Waals surface area contributed by atoms with E-state index < -0.39 is 0 Å². The Hall–Kier alpha value is -1.26. The molecule has 29 heavy (non-hydrogen) atoms. The van der Waals surface area contributed by atoms with Crippen molar-refractivity contribution in [2.75, 3.05) is 53.6 Å². The van der Waals surface area contributed by atoms with Crippen molar-refractivity contribution >= 4 is 29.9 Å². The molecule has 1 saturated carbocycles.